The van der Waals surface area contributed by atoms with Crippen molar-refractivity contribution < 1.29 is 36.1 Å². The number of rotatable bonds is 28. The molecule has 0 amide bonds. The Kier molecular flexibility index (Phi) is 22.7. The lowest BCUT2D eigenvalue weighted by atomic mass is 10.0. The standard InChI is InChI=1S/C52H102N2O8Si4/c1-39(2)33-31-29-27-25-24-26-28-30-32-34-45(55)58-47(44-36-53-38-57-44)48-54-41(37-56-48)42(60-64(18,19)50(7,8)9)35-43(61-65(20,21)51(10,11)12)46(62-66(22,23)52(13,14)15)40(3)59-63(16,17)49(4,5)6/h36-40,42-43,46-47H,24-35H2,1-23H3. The zero-order valence-corrected chi connectivity index (χ0v) is 50.8. The zero-order chi connectivity index (χ0) is 50.7. The van der Waals surface area contributed by atoms with Crippen molar-refractivity contribution in [2.75, 3.05) is 0 Å². The van der Waals surface area contributed by atoms with Crippen LogP contribution in [0.2, 0.25) is 72.5 Å². The lowest BCUT2D eigenvalue weighted by Gasteiger charge is -2.49. The van der Waals surface area contributed by atoms with Gasteiger partial charge in [-0.3, -0.25) is 4.79 Å². The summed E-state index contributed by atoms with van der Waals surface area (Å²) in [6.07, 6.45) is 14.7. The maximum absolute atomic E-state index is 13.5. The second kappa shape index (κ2) is 24.6. The van der Waals surface area contributed by atoms with Gasteiger partial charge in [-0.05, 0) is 91.8 Å². The molecule has 5 unspecified atom stereocenters. The van der Waals surface area contributed by atoms with Gasteiger partial charge in [0.1, 0.15) is 12.0 Å². The maximum atomic E-state index is 13.5. The Labute approximate surface area is 409 Å². The van der Waals surface area contributed by atoms with Crippen LogP contribution in [0.5, 0.6) is 0 Å². The minimum atomic E-state index is -2.45. The summed E-state index contributed by atoms with van der Waals surface area (Å²) in [4.78, 5) is 22.8. The molecule has 0 aromatic carbocycles. The second-order valence-corrected chi connectivity index (χ2v) is 45.0. The molecule has 0 bridgehead atoms. The van der Waals surface area contributed by atoms with Crippen LogP contribution in [0.4, 0.5) is 0 Å². The van der Waals surface area contributed by atoms with Gasteiger partial charge in [0, 0.05) is 12.8 Å². The molecule has 5 atom stereocenters. The molecule has 2 rings (SSSR count). The van der Waals surface area contributed by atoms with Crippen LogP contribution in [0.3, 0.4) is 0 Å². The summed E-state index contributed by atoms with van der Waals surface area (Å²) >= 11 is 0. The van der Waals surface area contributed by atoms with Gasteiger partial charge in [-0.25, -0.2) is 9.97 Å². The number of nitrogens with zero attached hydrogens (tertiary/aromatic N) is 2. The lowest BCUT2D eigenvalue weighted by molar-refractivity contribution is -0.149. The summed E-state index contributed by atoms with van der Waals surface area (Å²) in [6, 6.07) is 0. The van der Waals surface area contributed by atoms with Crippen molar-refractivity contribution in [1.29, 1.82) is 0 Å². The third kappa shape index (κ3) is 18.7. The second-order valence-electron chi connectivity index (χ2n) is 25.9. The molecule has 10 nitrogen and oxygen atoms in total. The zero-order valence-electron chi connectivity index (χ0n) is 46.8. The fraction of sp³-hybridized carbons (Fsp3) is 0.865. The van der Waals surface area contributed by atoms with Gasteiger partial charge >= 0.3 is 5.97 Å². The van der Waals surface area contributed by atoms with Crippen LogP contribution in [0.15, 0.2) is 27.7 Å². The van der Waals surface area contributed by atoms with Crippen molar-refractivity contribution in [2.45, 2.75) is 284 Å². The van der Waals surface area contributed by atoms with Crippen molar-refractivity contribution in [3.05, 3.63) is 36.2 Å². The van der Waals surface area contributed by atoms with Crippen molar-refractivity contribution in [1.82, 2.24) is 9.97 Å². The van der Waals surface area contributed by atoms with Gasteiger partial charge in [0.25, 0.3) is 0 Å². The third-order valence-electron chi connectivity index (χ3n) is 15.5. The highest BCUT2D eigenvalue weighted by atomic mass is 28.4. The third-order valence-corrected chi connectivity index (χ3v) is 33.5. The van der Waals surface area contributed by atoms with Gasteiger partial charge in [-0.1, -0.05) is 155 Å². The van der Waals surface area contributed by atoms with Crippen molar-refractivity contribution in [3.63, 3.8) is 0 Å². The lowest BCUT2D eigenvalue weighted by Crippen LogP contribution is -2.57. The Morgan fingerprint density at radius 3 is 1.53 bits per heavy atom. The van der Waals surface area contributed by atoms with Gasteiger partial charge < -0.3 is 31.3 Å². The topological polar surface area (TPSA) is 115 Å². The molecule has 0 fully saturated rings. The molecule has 0 saturated carbocycles. The summed E-state index contributed by atoms with van der Waals surface area (Å²) in [7, 11) is -9.51. The molecule has 384 valence electrons. The monoisotopic (exact) mass is 995 g/mol. The molecule has 0 radical (unpaired) electrons. The quantitative estimate of drug-likeness (QED) is 0.0464. The molecular formula is C52H102N2O8Si4. The van der Waals surface area contributed by atoms with Gasteiger partial charge in [-0.15, -0.1) is 0 Å². The summed E-state index contributed by atoms with van der Waals surface area (Å²) < 4.78 is 48.1. The summed E-state index contributed by atoms with van der Waals surface area (Å²) in [5, 5.41) is -0.233. The number of carbonyl (C=O) groups is 1. The van der Waals surface area contributed by atoms with E-state index >= 15 is 0 Å². The first kappa shape index (κ1) is 60.7. The normalized spacial score (nSPS) is 16.4. The smallest absolute Gasteiger partial charge is 0.307 e. The molecule has 0 aliphatic heterocycles. The number of hydrogen-bond acceptors (Lipinski definition) is 10. The summed E-state index contributed by atoms with van der Waals surface area (Å²) in [5.41, 5.74) is 0.614. The number of carbonyl (C=O) groups excluding carboxylic acids is 1. The molecule has 0 aliphatic carbocycles. The van der Waals surface area contributed by atoms with Crippen LogP contribution in [0.25, 0.3) is 0 Å². The van der Waals surface area contributed by atoms with Crippen LogP contribution in [-0.2, 0) is 27.2 Å². The summed E-state index contributed by atoms with van der Waals surface area (Å²) in [6.45, 7) is 52.5. The predicted molar refractivity (Wildman–Crippen MR) is 284 cm³/mol. The van der Waals surface area contributed by atoms with E-state index in [1.165, 1.54) is 51.3 Å². The maximum Gasteiger partial charge on any atom is 0.307 e. The molecule has 2 aromatic heterocycles. The van der Waals surface area contributed by atoms with Crippen LogP contribution >= 0.6 is 0 Å². The molecule has 2 aromatic rings. The van der Waals surface area contributed by atoms with Crippen molar-refractivity contribution in [3.8, 4) is 0 Å². The van der Waals surface area contributed by atoms with Crippen LogP contribution in [-0.4, -0.2) is 67.5 Å². The van der Waals surface area contributed by atoms with E-state index in [9.17, 15) is 4.79 Å². The van der Waals surface area contributed by atoms with E-state index < -0.39 is 57.7 Å². The van der Waals surface area contributed by atoms with E-state index in [2.05, 4.69) is 161 Å². The number of unbranched alkanes of at least 4 members (excludes halogenated alkanes) is 8. The molecule has 2 heterocycles. The fourth-order valence-corrected chi connectivity index (χ4v) is 12.3. The molecule has 0 N–H and O–H groups in total. The molecule has 0 saturated heterocycles. The van der Waals surface area contributed by atoms with Crippen LogP contribution in [0, 0.1) is 5.92 Å². The SMILES string of the molecule is CC(C)CCCCCCCCCCCC(=O)OC(c1cnco1)c1nc(C(CC(O[Si](C)(C)C(C)(C)C)C(O[Si](C)(C)C(C)(C)C)C(C)O[Si](C)(C)C(C)(C)C)O[Si](C)(C)C(C)(C)C)co1. The van der Waals surface area contributed by atoms with E-state index in [0.717, 1.165) is 25.2 Å². The summed E-state index contributed by atoms with van der Waals surface area (Å²) in [5.74, 6) is 1.04. The van der Waals surface area contributed by atoms with E-state index in [4.69, 9.17) is 36.3 Å². The molecule has 14 heteroatoms. The van der Waals surface area contributed by atoms with Crippen molar-refractivity contribution in [2.24, 2.45) is 5.92 Å². The Bertz CT molecular complexity index is 1700. The van der Waals surface area contributed by atoms with Crippen LogP contribution < -0.4 is 0 Å². The largest absolute Gasteiger partial charge is 0.445 e. The average molecular weight is 996 g/mol. The number of esters is 1. The Hall–Kier alpha value is -1.40. The number of hydrogen-bond donors (Lipinski definition) is 0. The molecule has 0 spiro atoms. The predicted octanol–water partition coefficient (Wildman–Crippen LogP) is 16.9. The van der Waals surface area contributed by atoms with Crippen LogP contribution in [0.1, 0.15) is 210 Å². The van der Waals surface area contributed by atoms with Crippen molar-refractivity contribution >= 4 is 39.2 Å². The van der Waals surface area contributed by atoms with E-state index in [0.29, 0.717) is 24.3 Å². The number of aromatic nitrogens is 2. The van der Waals surface area contributed by atoms with E-state index in [1.54, 1.807) is 12.5 Å². The number of ether oxygens (including phenoxy) is 1. The van der Waals surface area contributed by atoms with Gasteiger partial charge in [-0.2, -0.15) is 0 Å². The molecular weight excluding hydrogens is 893 g/mol. The van der Waals surface area contributed by atoms with Gasteiger partial charge in [0.15, 0.2) is 45.4 Å². The fourth-order valence-electron chi connectivity index (χ4n) is 6.88. The molecule has 0 aliphatic rings. The van der Waals surface area contributed by atoms with E-state index in [1.807, 2.05) is 0 Å². The average Bonchev–Trinajstić information content (AvgIpc) is 3.86. The first-order chi connectivity index (χ1) is 29.9. The highest BCUT2D eigenvalue weighted by Crippen LogP contribution is 2.46. The first-order valence-corrected chi connectivity index (χ1v) is 37.3. The Balaban J connectivity index is 2.59. The highest BCUT2D eigenvalue weighted by Gasteiger charge is 2.50. The minimum Gasteiger partial charge on any atom is -0.445 e. The molecule has 66 heavy (non-hydrogen) atoms. The Morgan fingerprint density at radius 2 is 1.06 bits per heavy atom. The minimum absolute atomic E-state index is 0.000668. The highest BCUT2D eigenvalue weighted by molar-refractivity contribution is 6.75. The Morgan fingerprint density at radius 1 is 0.606 bits per heavy atom. The van der Waals surface area contributed by atoms with Gasteiger partial charge in [0.05, 0.1) is 30.6 Å². The first-order valence-electron chi connectivity index (χ1n) is 25.7. The van der Waals surface area contributed by atoms with E-state index in [-0.39, 0.29) is 38.1 Å². The number of oxazole rings is 2. The van der Waals surface area contributed by atoms with Gasteiger partial charge in [0.2, 0.25) is 12.0 Å².